The van der Waals surface area contributed by atoms with Gasteiger partial charge in [0.05, 0.1) is 0 Å². The summed E-state index contributed by atoms with van der Waals surface area (Å²) in [6, 6.07) is 8.00. The highest BCUT2D eigenvalue weighted by atomic mass is 79.9. The lowest BCUT2D eigenvalue weighted by Gasteiger charge is -2.24. The molecule has 0 fully saturated rings. The number of hydrogen-bond acceptors (Lipinski definition) is 2. The van der Waals surface area contributed by atoms with Gasteiger partial charge in [0.15, 0.2) is 0 Å². The van der Waals surface area contributed by atoms with Crippen LogP contribution in [-0.4, -0.2) is 18.0 Å². The third-order valence-corrected chi connectivity index (χ3v) is 3.01. The van der Waals surface area contributed by atoms with Crippen molar-refractivity contribution < 1.29 is 4.79 Å². The Bertz CT molecular complexity index is 396. The highest BCUT2D eigenvalue weighted by Gasteiger charge is 2.17. The number of carbonyl (C=O) groups is 1. The summed E-state index contributed by atoms with van der Waals surface area (Å²) in [5.41, 5.74) is 6.39. The second-order valence-corrected chi connectivity index (χ2v) is 5.68. The molecule has 0 saturated heterocycles. The van der Waals surface area contributed by atoms with Gasteiger partial charge in [-0.3, -0.25) is 4.79 Å². The van der Waals surface area contributed by atoms with Gasteiger partial charge in [-0.1, -0.05) is 28.1 Å². The van der Waals surface area contributed by atoms with Crippen LogP contribution in [0.1, 0.15) is 25.8 Å². The molecule has 0 atom stereocenters. The summed E-state index contributed by atoms with van der Waals surface area (Å²) in [5, 5.41) is 2.92. The molecule has 1 rings (SSSR count). The summed E-state index contributed by atoms with van der Waals surface area (Å²) < 4.78 is 1.04. The quantitative estimate of drug-likeness (QED) is 0.869. The predicted molar refractivity (Wildman–Crippen MR) is 81.0 cm³/mol. The average Bonchev–Trinajstić information content (AvgIpc) is 2.26. The van der Waals surface area contributed by atoms with Gasteiger partial charge in [-0.25, -0.2) is 0 Å². The molecule has 5 heteroatoms. The Morgan fingerprint density at radius 3 is 2.67 bits per heavy atom. The predicted octanol–water partition coefficient (Wildman–Crippen LogP) is 2.66. The molecule has 0 radical (unpaired) electrons. The zero-order chi connectivity index (χ0) is 12.9. The number of nitrogens with two attached hydrogens (primary N) is 1. The zero-order valence-corrected chi connectivity index (χ0v) is 13.1. The first kappa shape index (κ1) is 17.4. The zero-order valence-electron chi connectivity index (χ0n) is 10.7. The van der Waals surface area contributed by atoms with E-state index in [1.165, 1.54) is 0 Å². The van der Waals surface area contributed by atoms with Crippen LogP contribution in [0.25, 0.3) is 0 Å². The standard InChI is InChI=1S/C13H19BrN2O.ClH/c1-13(2,9-15)16-12(17)7-6-10-4-3-5-11(14)8-10;/h3-5,8H,6-7,9,15H2,1-2H3,(H,16,17);1H. The fourth-order valence-corrected chi connectivity index (χ4v) is 1.89. The lowest BCUT2D eigenvalue weighted by molar-refractivity contribution is -0.122. The Morgan fingerprint density at radius 2 is 2.11 bits per heavy atom. The minimum Gasteiger partial charge on any atom is -0.350 e. The van der Waals surface area contributed by atoms with E-state index in [2.05, 4.69) is 21.2 Å². The Balaban J connectivity index is 0.00000289. The topological polar surface area (TPSA) is 55.1 Å². The molecule has 0 heterocycles. The second-order valence-electron chi connectivity index (χ2n) is 4.77. The van der Waals surface area contributed by atoms with Gasteiger partial charge in [0.25, 0.3) is 0 Å². The molecule has 3 N–H and O–H groups in total. The molecule has 1 aromatic rings. The van der Waals surface area contributed by atoms with Crippen LogP contribution in [0.15, 0.2) is 28.7 Å². The van der Waals surface area contributed by atoms with E-state index in [0.717, 1.165) is 16.5 Å². The Hall–Kier alpha value is -0.580. The minimum absolute atomic E-state index is 0. The largest absolute Gasteiger partial charge is 0.350 e. The monoisotopic (exact) mass is 334 g/mol. The normalized spacial score (nSPS) is 10.7. The van der Waals surface area contributed by atoms with Crippen molar-refractivity contribution >= 4 is 34.2 Å². The number of amides is 1. The van der Waals surface area contributed by atoms with Gasteiger partial charge in [-0.05, 0) is 38.0 Å². The third kappa shape index (κ3) is 6.38. The van der Waals surface area contributed by atoms with Crippen LogP contribution in [-0.2, 0) is 11.2 Å². The lowest BCUT2D eigenvalue weighted by atomic mass is 10.0. The summed E-state index contributed by atoms with van der Waals surface area (Å²) >= 11 is 3.41. The van der Waals surface area contributed by atoms with E-state index < -0.39 is 0 Å². The summed E-state index contributed by atoms with van der Waals surface area (Å²) in [4.78, 5) is 11.7. The molecule has 0 bridgehead atoms. The summed E-state index contributed by atoms with van der Waals surface area (Å²) in [6.45, 7) is 4.28. The van der Waals surface area contributed by atoms with Gasteiger partial charge in [-0.2, -0.15) is 0 Å². The van der Waals surface area contributed by atoms with Crippen molar-refractivity contribution in [2.24, 2.45) is 5.73 Å². The third-order valence-electron chi connectivity index (χ3n) is 2.52. The van der Waals surface area contributed by atoms with E-state index in [1.807, 2.05) is 38.1 Å². The summed E-state index contributed by atoms with van der Waals surface area (Å²) in [7, 11) is 0. The molecule has 1 amide bonds. The fraction of sp³-hybridized carbons (Fsp3) is 0.462. The number of benzene rings is 1. The molecule has 0 aromatic heterocycles. The highest BCUT2D eigenvalue weighted by molar-refractivity contribution is 9.10. The first-order chi connectivity index (χ1) is 7.93. The Labute approximate surface area is 123 Å². The Morgan fingerprint density at radius 1 is 1.44 bits per heavy atom. The van der Waals surface area contributed by atoms with Crippen molar-refractivity contribution in [2.75, 3.05) is 6.54 Å². The van der Waals surface area contributed by atoms with Gasteiger partial charge in [0.1, 0.15) is 0 Å². The number of rotatable bonds is 5. The van der Waals surface area contributed by atoms with Gasteiger partial charge >= 0.3 is 0 Å². The molecule has 1 aromatic carbocycles. The smallest absolute Gasteiger partial charge is 0.220 e. The molecule has 0 aliphatic carbocycles. The fourth-order valence-electron chi connectivity index (χ4n) is 1.44. The molecule has 3 nitrogen and oxygen atoms in total. The molecule has 18 heavy (non-hydrogen) atoms. The molecular formula is C13H20BrClN2O. The molecule has 0 spiro atoms. The highest BCUT2D eigenvalue weighted by Crippen LogP contribution is 2.13. The molecule has 0 unspecified atom stereocenters. The van der Waals surface area contributed by atoms with Crippen LogP contribution < -0.4 is 11.1 Å². The van der Waals surface area contributed by atoms with Crippen LogP contribution in [0.3, 0.4) is 0 Å². The van der Waals surface area contributed by atoms with E-state index in [-0.39, 0.29) is 23.9 Å². The molecular weight excluding hydrogens is 316 g/mol. The van der Waals surface area contributed by atoms with Crippen molar-refractivity contribution in [3.05, 3.63) is 34.3 Å². The number of halogens is 2. The number of carbonyl (C=O) groups excluding carboxylic acids is 1. The maximum absolute atomic E-state index is 11.7. The lowest BCUT2D eigenvalue weighted by Crippen LogP contribution is -2.48. The molecule has 102 valence electrons. The van der Waals surface area contributed by atoms with E-state index in [1.54, 1.807) is 0 Å². The van der Waals surface area contributed by atoms with Crippen molar-refractivity contribution in [2.45, 2.75) is 32.2 Å². The van der Waals surface area contributed by atoms with E-state index in [4.69, 9.17) is 5.73 Å². The van der Waals surface area contributed by atoms with E-state index in [0.29, 0.717) is 13.0 Å². The van der Waals surface area contributed by atoms with Crippen molar-refractivity contribution in [3.8, 4) is 0 Å². The van der Waals surface area contributed by atoms with Crippen LogP contribution in [0, 0.1) is 0 Å². The Kier molecular flexibility index (Phi) is 7.52. The van der Waals surface area contributed by atoms with Gasteiger partial charge < -0.3 is 11.1 Å². The first-order valence-corrected chi connectivity index (χ1v) is 6.48. The van der Waals surface area contributed by atoms with Gasteiger partial charge in [0.2, 0.25) is 5.91 Å². The molecule has 0 aliphatic heterocycles. The average molecular weight is 336 g/mol. The maximum atomic E-state index is 11.7. The van der Waals surface area contributed by atoms with Crippen LogP contribution in [0.4, 0.5) is 0 Å². The molecule has 0 saturated carbocycles. The van der Waals surface area contributed by atoms with Crippen molar-refractivity contribution in [1.82, 2.24) is 5.32 Å². The second kappa shape index (κ2) is 7.77. The van der Waals surface area contributed by atoms with Crippen molar-refractivity contribution in [3.63, 3.8) is 0 Å². The van der Waals surface area contributed by atoms with Crippen molar-refractivity contribution in [1.29, 1.82) is 0 Å². The van der Waals surface area contributed by atoms with Gasteiger partial charge in [0, 0.05) is 23.0 Å². The number of aryl methyl sites for hydroxylation is 1. The minimum atomic E-state index is -0.325. The van der Waals surface area contributed by atoms with Gasteiger partial charge in [-0.15, -0.1) is 12.4 Å². The van der Waals surface area contributed by atoms with Crippen LogP contribution in [0.2, 0.25) is 0 Å². The van der Waals surface area contributed by atoms with Crippen LogP contribution in [0.5, 0.6) is 0 Å². The molecule has 0 aliphatic rings. The number of nitrogens with one attached hydrogen (secondary N) is 1. The van der Waals surface area contributed by atoms with Crippen LogP contribution >= 0.6 is 28.3 Å². The number of hydrogen-bond donors (Lipinski definition) is 2. The SMILES string of the molecule is CC(C)(CN)NC(=O)CCc1cccc(Br)c1.Cl. The maximum Gasteiger partial charge on any atom is 0.220 e. The first-order valence-electron chi connectivity index (χ1n) is 5.68. The van der Waals surface area contributed by atoms with E-state index >= 15 is 0 Å². The summed E-state index contributed by atoms with van der Waals surface area (Å²) in [6.07, 6.45) is 1.23. The summed E-state index contributed by atoms with van der Waals surface area (Å²) in [5.74, 6) is 0.0421. The van der Waals surface area contributed by atoms with E-state index in [9.17, 15) is 4.79 Å².